The second kappa shape index (κ2) is 9.49. The lowest BCUT2D eigenvalue weighted by atomic mass is 10.1. The molecule has 0 radical (unpaired) electrons. The molecule has 0 aliphatic heterocycles. The van der Waals surface area contributed by atoms with E-state index in [2.05, 4.69) is 11.9 Å². The number of benzene rings is 2. The number of nitrogens with zero attached hydrogens (tertiary/aromatic N) is 2. The van der Waals surface area contributed by atoms with Crippen LogP contribution in [0.1, 0.15) is 41.6 Å². The summed E-state index contributed by atoms with van der Waals surface area (Å²) in [4.78, 5) is 20.0. The molecule has 4 nitrogen and oxygen atoms in total. The molecule has 0 spiro atoms. The van der Waals surface area contributed by atoms with Gasteiger partial charge in [-0.25, -0.2) is 4.98 Å². The van der Waals surface area contributed by atoms with E-state index in [4.69, 9.17) is 4.42 Å². The smallest absolute Gasteiger partial charge is 0.294 e. The maximum Gasteiger partial charge on any atom is 0.294 e. The number of aryl methyl sites for hydroxylation is 1. The predicted molar refractivity (Wildman–Crippen MR) is 126 cm³/mol. The summed E-state index contributed by atoms with van der Waals surface area (Å²) in [6.45, 7) is 4.79. The van der Waals surface area contributed by atoms with Crippen LogP contribution in [0.25, 0.3) is 11.0 Å². The van der Waals surface area contributed by atoms with Crippen LogP contribution in [-0.2, 0) is 5.75 Å². The monoisotopic (exact) mass is 436 g/mol. The van der Waals surface area contributed by atoms with Crippen molar-refractivity contribution in [2.45, 2.75) is 36.8 Å². The van der Waals surface area contributed by atoms with Crippen molar-refractivity contribution in [3.8, 4) is 0 Å². The molecule has 0 N–H and O–H groups in total. The van der Waals surface area contributed by atoms with Gasteiger partial charge in [-0.2, -0.15) is 0 Å². The molecular weight excluding hydrogens is 412 g/mol. The van der Waals surface area contributed by atoms with Gasteiger partial charge in [0.2, 0.25) is 0 Å². The maximum atomic E-state index is 13.7. The standard InChI is InChI=1S/C24H24N2O2S2/c1-3-4-14-26(18-10-6-5-7-11-18)23(27)22-20(16-30-24-25-17(2)15-29-24)19-12-8-9-13-21(19)28-22/h5-13,15H,3-4,14,16H2,1-2H3. The Bertz CT molecular complexity index is 1130. The number of para-hydroxylation sites is 2. The molecule has 6 heteroatoms. The summed E-state index contributed by atoms with van der Waals surface area (Å²) in [5, 5.41) is 3.04. The first kappa shape index (κ1) is 20.7. The van der Waals surface area contributed by atoms with Gasteiger partial charge in [-0.1, -0.05) is 61.5 Å². The number of carbonyl (C=O) groups excluding carboxylic acids is 1. The second-order valence-corrected chi connectivity index (χ2v) is 9.18. The minimum atomic E-state index is -0.0863. The molecule has 0 aliphatic rings. The summed E-state index contributed by atoms with van der Waals surface area (Å²) >= 11 is 3.28. The summed E-state index contributed by atoms with van der Waals surface area (Å²) in [7, 11) is 0. The van der Waals surface area contributed by atoms with Crippen molar-refractivity contribution in [1.29, 1.82) is 0 Å². The topological polar surface area (TPSA) is 46.3 Å². The van der Waals surface area contributed by atoms with Gasteiger partial charge >= 0.3 is 0 Å². The van der Waals surface area contributed by atoms with E-state index >= 15 is 0 Å². The number of amides is 1. The number of furan rings is 1. The zero-order valence-electron chi connectivity index (χ0n) is 17.1. The van der Waals surface area contributed by atoms with E-state index in [1.165, 1.54) is 0 Å². The minimum Gasteiger partial charge on any atom is -0.451 e. The Balaban J connectivity index is 1.71. The number of hydrogen-bond donors (Lipinski definition) is 0. The Hall–Kier alpha value is -2.57. The lowest BCUT2D eigenvalue weighted by molar-refractivity contribution is 0.0961. The largest absolute Gasteiger partial charge is 0.451 e. The average molecular weight is 437 g/mol. The van der Waals surface area contributed by atoms with E-state index in [1.807, 2.05) is 71.8 Å². The van der Waals surface area contributed by atoms with Gasteiger partial charge in [0.05, 0.1) is 0 Å². The molecule has 2 aromatic carbocycles. The molecule has 4 rings (SSSR count). The molecule has 0 saturated carbocycles. The molecule has 0 saturated heterocycles. The molecule has 4 aromatic rings. The van der Waals surface area contributed by atoms with Crippen LogP contribution in [0.3, 0.4) is 0 Å². The molecule has 0 bridgehead atoms. The number of unbranched alkanes of at least 4 members (excludes halogenated alkanes) is 1. The van der Waals surface area contributed by atoms with Crippen molar-refractivity contribution in [3.63, 3.8) is 0 Å². The van der Waals surface area contributed by atoms with Crippen LogP contribution in [0, 0.1) is 6.92 Å². The van der Waals surface area contributed by atoms with Crippen LogP contribution < -0.4 is 4.90 Å². The fourth-order valence-corrected chi connectivity index (χ4v) is 5.22. The number of fused-ring (bicyclic) bond motifs is 1. The first-order valence-electron chi connectivity index (χ1n) is 10.1. The zero-order chi connectivity index (χ0) is 20.9. The Morgan fingerprint density at radius 2 is 1.90 bits per heavy atom. The summed E-state index contributed by atoms with van der Waals surface area (Å²) in [6.07, 6.45) is 1.95. The van der Waals surface area contributed by atoms with E-state index in [0.29, 0.717) is 18.1 Å². The zero-order valence-corrected chi connectivity index (χ0v) is 18.8. The van der Waals surface area contributed by atoms with Crippen molar-refractivity contribution in [3.05, 3.63) is 77.0 Å². The van der Waals surface area contributed by atoms with E-state index in [9.17, 15) is 4.79 Å². The quantitative estimate of drug-likeness (QED) is 0.281. The summed E-state index contributed by atoms with van der Waals surface area (Å²) in [5.74, 6) is 0.982. The molecule has 2 heterocycles. The number of anilines is 1. The van der Waals surface area contributed by atoms with Gasteiger partial charge in [0.1, 0.15) is 9.92 Å². The molecule has 30 heavy (non-hydrogen) atoms. The van der Waals surface area contributed by atoms with Crippen molar-refractivity contribution in [2.24, 2.45) is 0 Å². The number of carbonyl (C=O) groups is 1. The first-order valence-corrected chi connectivity index (χ1v) is 12.0. The lowest BCUT2D eigenvalue weighted by Gasteiger charge is -2.22. The van der Waals surface area contributed by atoms with Crippen molar-refractivity contribution in [1.82, 2.24) is 4.98 Å². The number of thioether (sulfide) groups is 1. The van der Waals surface area contributed by atoms with E-state index in [1.54, 1.807) is 23.1 Å². The lowest BCUT2D eigenvalue weighted by Crippen LogP contribution is -2.32. The molecule has 2 aromatic heterocycles. The Morgan fingerprint density at radius 3 is 2.63 bits per heavy atom. The fraction of sp³-hybridized carbons (Fsp3) is 0.250. The third kappa shape index (κ3) is 4.45. The van der Waals surface area contributed by atoms with Gasteiger partial charge in [0, 0.05) is 40.0 Å². The number of hydrogen-bond acceptors (Lipinski definition) is 5. The third-order valence-corrected chi connectivity index (χ3v) is 7.04. The number of aromatic nitrogens is 1. The molecule has 0 fully saturated rings. The van der Waals surface area contributed by atoms with Crippen molar-refractivity contribution in [2.75, 3.05) is 11.4 Å². The average Bonchev–Trinajstić information content (AvgIpc) is 3.36. The summed E-state index contributed by atoms with van der Waals surface area (Å²) in [6, 6.07) is 17.7. The SMILES string of the molecule is CCCCN(C(=O)c1oc2ccccc2c1CSc1nc(C)cs1)c1ccccc1. The van der Waals surface area contributed by atoms with E-state index in [-0.39, 0.29) is 5.91 Å². The Morgan fingerprint density at radius 1 is 1.13 bits per heavy atom. The summed E-state index contributed by atoms with van der Waals surface area (Å²) in [5.41, 5.74) is 3.59. The third-order valence-electron chi connectivity index (χ3n) is 4.88. The number of thiazole rings is 1. The molecule has 0 unspecified atom stereocenters. The van der Waals surface area contributed by atoms with E-state index in [0.717, 1.165) is 45.1 Å². The highest BCUT2D eigenvalue weighted by Crippen LogP contribution is 2.34. The van der Waals surface area contributed by atoms with Crippen LogP contribution >= 0.6 is 23.1 Å². The highest BCUT2D eigenvalue weighted by molar-refractivity contribution is 8.00. The van der Waals surface area contributed by atoms with Crippen LogP contribution in [-0.4, -0.2) is 17.4 Å². The fourth-order valence-electron chi connectivity index (χ4n) is 3.34. The number of rotatable bonds is 8. The Labute approximate surface area is 184 Å². The highest BCUT2D eigenvalue weighted by Gasteiger charge is 2.26. The maximum absolute atomic E-state index is 13.7. The van der Waals surface area contributed by atoms with Gasteiger partial charge in [-0.05, 0) is 31.5 Å². The second-order valence-electron chi connectivity index (χ2n) is 7.10. The molecule has 1 amide bonds. The van der Waals surface area contributed by atoms with Crippen LogP contribution in [0.15, 0.2) is 68.7 Å². The minimum absolute atomic E-state index is 0.0863. The van der Waals surface area contributed by atoms with Gasteiger partial charge in [0.15, 0.2) is 5.76 Å². The normalized spacial score (nSPS) is 11.1. The highest BCUT2D eigenvalue weighted by atomic mass is 32.2. The summed E-state index contributed by atoms with van der Waals surface area (Å²) < 4.78 is 7.12. The van der Waals surface area contributed by atoms with Crippen LogP contribution in [0.5, 0.6) is 0 Å². The van der Waals surface area contributed by atoms with Crippen molar-refractivity contribution < 1.29 is 9.21 Å². The van der Waals surface area contributed by atoms with Crippen LogP contribution in [0.4, 0.5) is 5.69 Å². The van der Waals surface area contributed by atoms with Crippen LogP contribution in [0.2, 0.25) is 0 Å². The molecular formula is C24H24N2O2S2. The molecule has 0 aliphatic carbocycles. The van der Waals surface area contributed by atoms with Gasteiger partial charge in [-0.3, -0.25) is 4.79 Å². The Kier molecular flexibility index (Phi) is 6.55. The molecule has 0 atom stereocenters. The van der Waals surface area contributed by atoms with E-state index < -0.39 is 0 Å². The predicted octanol–water partition coefficient (Wildman–Crippen LogP) is 6.94. The van der Waals surface area contributed by atoms with Gasteiger partial charge in [-0.15, -0.1) is 11.3 Å². The van der Waals surface area contributed by atoms with Gasteiger partial charge < -0.3 is 9.32 Å². The van der Waals surface area contributed by atoms with Gasteiger partial charge in [0.25, 0.3) is 5.91 Å². The van der Waals surface area contributed by atoms with Crippen molar-refractivity contribution >= 4 is 45.7 Å². The first-order chi connectivity index (χ1) is 14.7. The molecule has 154 valence electrons.